The summed E-state index contributed by atoms with van der Waals surface area (Å²) in [6, 6.07) is 11.1. The van der Waals surface area contributed by atoms with E-state index >= 15 is 0 Å². The number of methoxy groups -OCH3 is 2. The van der Waals surface area contributed by atoms with Crippen molar-refractivity contribution in [2.75, 3.05) is 25.7 Å². The molecule has 1 unspecified atom stereocenters. The number of rotatable bonds is 7. The fourth-order valence-electron chi connectivity index (χ4n) is 3.42. The lowest BCUT2D eigenvalue weighted by Crippen LogP contribution is -2.40. The lowest BCUT2D eigenvalue weighted by atomic mass is 10.1. The van der Waals surface area contributed by atoms with Gasteiger partial charge in [0.05, 0.1) is 30.6 Å². The van der Waals surface area contributed by atoms with E-state index in [0.717, 1.165) is 5.56 Å². The molecule has 1 atom stereocenters. The van der Waals surface area contributed by atoms with E-state index < -0.39 is 25.9 Å². The maximum atomic E-state index is 13.4. The van der Waals surface area contributed by atoms with Crippen LogP contribution in [0.4, 0.5) is 0 Å². The minimum Gasteiger partial charge on any atom is -0.493 e. The van der Waals surface area contributed by atoms with Crippen LogP contribution in [0.25, 0.3) is 0 Å². The van der Waals surface area contributed by atoms with Gasteiger partial charge >= 0.3 is 0 Å². The molecule has 29 heavy (non-hydrogen) atoms. The number of sulfonamides is 1. The van der Waals surface area contributed by atoms with Crippen LogP contribution in [0, 0.1) is 6.92 Å². The molecule has 0 saturated carbocycles. The number of aryl methyl sites for hydroxylation is 1. The summed E-state index contributed by atoms with van der Waals surface area (Å²) in [6.45, 7) is 1.91. The van der Waals surface area contributed by atoms with E-state index in [9.17, 15) is 16.8 Å². The van der Waals surface area contributed by atoms with E-state index in [0.29, 0.717) is 17.1 Å². The Hall–Kier alpha value is -2.10. The largest absolute Gasteiger partial charge is 0.493 e. The van der Waals surface area contributed by atoms with Gasteiger partial charge in [-0.15, -0.1) is 0 Å². The Labute approximate surface area is 172 Å². The highest BCUT2D eigenvalue weighted by Crippen LogP contribution is 2.31. The zero-order valence-corrected chi connectivity index (χ0v) is 18.3. The van der Waals surface area contributed by atoms with Crippen LogP contribution in [-0.4, -0.2) is 52.9 Å². The van der Waals surface area contributed by atoms with Crippen molar-refractivity contribution in [1.29, 1.82) is 0 Å². The van der Waals surface area contributed by atoms with Gasteiger partial charge in [-0.2, -0.15) is 4.31 Å². The number of nitrogens with zero attached hydrogens (tertiary/aromatic N) is 1. The van der Waals surface area contributed by atoms with E-state index in [1.807, 2.05) is 6.92 Å². The van der Waals surface area contributed by atoms with Crippen LogP contribution in [-0.2, 0) is 26.4 Å². The first-order chi connectivity index (χ1) is 13.7. The summed E-state index contributed by atoms with van der Waals surface area (Å²) in [5.41, 5.74) is 1.63. The molecule has 9 heteroatoms. The number of benzene rings is 2. The highest BCUT2D eigenvalue weighted by atomic mass is 32.2. The van der Waals surface area contributed by atoms with Crippen LogP contribution in [0.5, 0.6) is 11.5 Å². The van der Waals surface area contributed by atoms with E-state index in [1.165, 1.54) is 18.5 Å². The van der Waals surface area contributed by atoms with Gasteiger partial charge in [0.15, 0.2) is 21.3 Å². The average molecular weight is 440 g/mol. The van der Waals surface area contributed by atoms with Crippen molar-refractivity contribution < 1.29 is 26.3 Å². The number of hydrogen-bond acceptors (Lipinski definition) is 6. The molecule has 0 amide bonds. The molecule has 1 aliphatic rings. The highest BCUT2D eigenvalue weighted by molar-refractivity contribution is 7.92. The second-order valence-electron chi connectivity index (χ2n) is 7.11. The van der Waals surface area contributed by atoms with Gasteiger partial charge in [0.2, 0.25) is 10.0 Å². The van der Waals surface area contributed by atoms with E-state index in [-0.39, 0.29) is 29.4 Å². The van der Waals surface area contributed by atoms with Crippen molar-refractivity contribution in [2.24, 2.45) is 0 Å². The van der Waals surface area contributed by atoms with Gasteiger partial charge in [-0.25, -0.2) is 16.8 Å². The maximum absolute atomic E-state index is 13.4. The minimum absolute atomic E-state index is 0.0104. The minimum atomic E-state index is -3.89. The van der Waals surface area contributed by atoms with Crippen LogP contribution in [0.2, 0.25) is 0 Å². The molecule has 2 aromatic carbocycles. The van der Waals surface area contributed by atoms with Gasteiger partial charge in [0, 0.05) is 12.6 Å². The van der Waals surface area contributed by atoms with Gasteiger partial charge in [0.25, 0.3) is 0 Å². The van der Waals surface area contributed by atoms with Crippen molar-refractivity contribution in [3.05, 3.63) is 53.6 Å². The zero-order valence-electron chi connectivity index (χ0n) is 16.7. The Kier molecular flexibility index (Phi) is 6.21. The molecular weight excluding hydrogens is 414 g/mol. The van der Waals surface area contributed by atoms with Crippen molar-refractivity contribution in [2.45, 2.75) is 30.8 Å². The Morgan fingerprint density at radius 3 is 2.24 bits per heavy atom. The second-order valence-corrected chi connectivity index (χ2v) is 11.2. The molecule has 0 aromatic heterocycles. The molecular formula is C20H25NO6S2. The standard InChI is InChI=1S/C20H25NO6S2/c1-15-4-7-18(8-5-15)29(24,25)21(17-10-11-28(22,23)14-17)13-16-6-9-19(26-2)20(12-16)27-3/h4-9,12,17H,10-11,13-14H2,1-3H3. The van der Waals surface area contributed by atoms with E-state index in [4.69, 9.17) is 9.47 Å². The fraction of sp³-hybridized carbons (Fsp3) is 0.400. The van der Waals surface area contributed by atoms with Gasteiger partial charge < -0.3 is 9.47 Å². The van der Waals surface area contributed by atoms with Crippen LogP contribution in [0.3, 0.4) is 0 Å². The predicted molar refractivity (Wildman–Crippen MR) is 111 cm³/mol. The predicted octanol–water partition coefficient (Wildman–Crippen LogP) is 2.39. The Balaban J connectivity index is 2.01. The van der Waals surface area contributed by atoms with Crippen molar-refractivity contribution in [3.8, 4) is 11.5 Å². The highest BCUT2D eigenvalue weighted by Gasteiger charge is 2.38. The molecule has 0 radical (unpaired) electrons. The average Bonchev–Trinajstić information content (AvgIpc) is 3.05. The zero-order chi connectivity index (χ0) is 21.2. The van der Waals surface area contributed by atoms with Crippen LogP contribution in [0.1, 0.15) is 17.5 Å². The Morgan fingerprint density at radius 1 is 1.03 bits per heavy atom. The maximum Gasteiger partial charge on any atom is 0.243 e. The lowest BCUT2D eigenvalue weighted by Gasteiger charge is -2.28. The monoisotopic (exact) mass is 439 g/mol. The van der Waals surface area contributed by atoms with Crippen LogP contribution < -0.4 is 9.47 Å². The second kappa shape index (κ2) is 8.33. The van der Waals surface area contributed by atoms with Crippen LogP contribution >= 0.6 is 0 Å². The molecule has 3 rings (SSSR count). The first-order valence-corrected chi connectivity index (χ1v) is 12.4. The topological polar surface area (TPSA) is 90.0 Å². The van der Waals surface area contributed by atoms with E-state index in [1.54, 1.807) is 42.5 Å². The Morgan fingerprint density at radius 2 is 1.69 bits per heavy atom. The first kappa shape index (κ1) is 21.6. The van der Waals surface area contributed by atoms with Crippen molar-refractivity contribution >= 4 is 19.9 Å². The molecule has 1 heterocycles. The number of hydrogen-bond donors (Lipinski definition) is 0. The third-order valence-corrected chi connectivity index (χ3v) is 8.69. The SMILES string of the molecule is COc1ccc(CN(C2CCS(=O)(=O)C2)S(=O)(=O)c2ccc(C)cc2)cc1OC. The molecule has 1 fully saturated rings. The smallest absolute Gasteiger partial charge is 0.243 e. The van der Waals surface area contributed by atoms with Gasteiger partial charge in [-0.1, -0.05) is 23.8 Å². The molecule has 1 aliphatic heterocycles. The third kappa shape index (κ3) is 4.73. The first-order valence-electron chi connectivity index (χ1n) is 9.16. The summed E-state index contributed by atoms with van der Waals surface area (Å²) in [7, 11) is -4.12. The summed E-state index contributed by atoms with van der Waals surface area (Å²) < 4.78 is 62.7. The normalized spacial score (nSPS) is 18.7. The van der Waals surface area contributed by atoms with Gasteiger partial charge in [-0.05, 0) is 43.2 Å². The molecule has 2 aromatic rings. The molecule has 1 saturated heterocycles. The summed E-state index contributed by atoms with van der Waals surface area (Å²) in [5.74, 6) is 0.832. The quantitative estimate of drug-likeness (QED) is 0.658. The van der Waals surface area contributed by atoms with Crippen molar-refractivity contribution in [1.82, 2.24) is 4.31 Å². The van der Waals surface area contributed by atoms with Gasteiger partial charge in [-0.3, -0.25) is 0 Å². The van der Waals surface area contributed by atoms with E-state index in [2.05, 4.69) is 0 Å². The van der Waals surface area contributed by atoms with Crippen LogP contribution in [0.15, 0.2) is 47.4 Å². The molecule has 0 N–H and O–H groups in total. The fourth-order valence-corrected chi connectivity index (χ4v) is 6.88. The summed E-state index contributed by atoms with van der Waals surface area (Å²) in [5, 5.41) is 0. The lowest BCUT2D eigenvalue weighted by molar-refractivity contribution is 0.331. The molecule has 0 spiro atoms. The molecule has 158 valence electrons. The molecule has 7 nitrogen and oxygen atoms in total. The summed E-state index contributed by atoms with van der Waals surface area (Å²) >= 11 is 0. The van der Waals surface area contributed by atoms with Gasteiger partial charge in [0.1, 0.15) is 0 Å². The molecule has 0 aliphatic carbocycles. The van der Waals surface area contributed by atoms with Crippen molar-refractivity contribution in [3.63, 3.8) is 0 Å². The number of ether oxygens (including phenoxy) is 2. The number of sulfone groups is 1. The third-order valence-electron chi connectivity index (χ3n) is 5.03. The molecule has 0 bridgehead atoms. The Bertz CT molecular complexity index is 1080. The summed E-state index contributed by atoms with van der Waals surface area (Å²) in [4.78, 5) is 0.146. The summed E-state index contributed by atoms with van der Waals surface area (Å²) in [6.07, 6.45) is 0.278.